The van der Waals surface area contributed by atoms with Crippen molar-refractivity contribution in [3.63, 3.8) is 0 Å². The molecule has 0 N–H and O–H groups in total. The molecule has 0 radical (unpaired) electrons. The topological polar surface area (TPSA) is 9.23 Å². The third kappa shape index (κ3) is 12.2. The predicted octanol–water partition coefficient (Wildman–Crippen LogP) is 0.650. The first kappa shape index (κ1) is 9.13. The van der Waals surface area contributed by atoms with Crippen LogP contribution < -0.4 is 0 Å². The smallest absolute Gasteiger partial charge is 0.0433 e. The Balaban J connectivity index is 0. The van der Waals surface area contributed by atoms with Gasteiger partial charge in [0.1, 0.15) is 0 Å². The summed E-state index contributed by atoms with van der Waals surface area (Å²) in [4.78, 5) is 0. The Hall–Kier alpha value is 0.583. The quantitative estimate of drug-likeness (QED) is 0.468. The molecule has 1 nitrogen and oxygen atoms in total. The molecule has 28 valence electrons. The largest absolute Gasteiger partial charge is 0.385 e. The molecule has 0 aliphatic rings. The van der Waals surface area contributed by atoms with Crippen LogP contribution in [0.1, 0.15) is 6.92 Å². The van der Waals surface area contributed by atoms with Gasteiger partial charge in [-0.25, -0.2) is 0 Å². The first-order chi connectivity index (χ1) is 1.91. The zero-order chi connectivity index (χ0) is 3.41. The van der Waals surface area contributed by atoms with Crippen LogP contribution in [-0.4, -0.2) is 13.7 Å². The van der Waals surface area contributed by atoms with E-state index >= 15 is 0 Å². The van der Waals surface area contributed by atoms with Crippen LogP contribution in [0.25, 0.3) is 0 Å². The van der Waals surface area contributed by atoms with E-state index in [1.54, 1.807) is 7.11 Å². The van der Waals surface area contributed by atoms with E-state index in [0.717, 1.165) is 6.61 Å². The summed E-state index contributed by atoms with van der Waals surface area (Å²) < 4.78 is 4.54. The Bertz CT molecular complexity index is 8.85. The van der Waals surface area contributed by atoms with E-state index in [1.165, 1.54) is 0 Å². The van der Waals surface area contributed by atoms with Crippen LogP contribution in [0.2, 0.25) is 0 Å². The molecule has 0 amide bonds. The Morgan fingerprint density at radius 2 is 1.80 bits per heavy atom. The first-order valence-electron chi connectivity index (χ1n) is 1.40. The summed E-state index contributed by atoms with van der Waals surface area (Å²) in [5.74, 6) is 0. The van der Waals surface area contributed by atoms with Crippen LogP contribution in [0.4, 0.5) is 0 Å². The van der Waals surface area contributed by atoms with Crippen molar-refractivity contribution in [1.82, 2.24) is 0 Å². The molecule has 0 aromatic carbocycles. The van der Waals surface area contributed by atoms with Gasteiger partial charge in [0.25, 0.3) is 0 Å². The SMILES string of the molecule is CCOC.[Zn]. The third-order valence-electron chi connectivity index (χ3n) is 0.289. The molecule has 0 aromatic rings. The van der Waals surface area contributed by atoms with E-state index in [4.69, 9.17) is 0 Å². The maximum Gasteiger partial charge on any atom is 0.0433 e. The normalized spacial score (nSPS) is 6.00. The molecule has 0 saturated carbocycles. The minimum atomic E-state index is 0. The summed E-state index contributed by atoms with van der Waals surface area (Å²) in [7, 11) is 1.68. The maximum absolute atomic E-state index is 4.54. The molecule has 0 atom stereocenters. The van der Waals surface area contributed by atoms with Gasteiger partial charge < -0.3 is 4.74 Å². The van der Waals surface area contributed by atoms with Gasteiger partial charge in [0.2, 0.25) is 0 Å². The van der Waals surface area contributed by atoms with E-state index in [-0.39, 0.29) is 19.5 Å². The number of rotatable bonds is 1. The second-order valence-corrected chi connectivity index (χ2v) is 0.577. The molecule has 0 spiro atoms. The summed E-state index contributed by atoms with van der Waals surface area (Å²) >= 11 is 0. The van der Waals surface area contributed by atoms with Crippen LogP contribution in [0.15, 0.2) is 0 Å². The van der Waals surface area contributed by atoms with Crippen molar-refractivity contribution in [3.05, 3.63) is 0 Å². The van der Waals surface area contributed by atoms with Crippen molar-refractivity contribution >= 4 is 0 Å². The number of hydrogen-bond acceptors (Lipinski definition) is 1. The molecule has 0 saturated heterocycles. The van der Waals surface area contributed by atoms with Gasteiger partial charge in [-0.2, -0.15) is 0 Å². The second-order valence-electron chi connectivity index (χ2n) is 0.577. The van der Waals surface area contributed by atoms with E-state index in [2.05, 4.69) is 4.74 Å². The average molecular weight is 125 g/mol. The van der Waals surface area contributed by atoms with Gasteiger partial charge in [0, 0.05) is 33.2 Å². The zero-order valence-corrected chi connectivity index (χ0v) is 6.79. The third-order valence-corrected chi connectivity index (χ3v) is 0.289. The molecule has 2 heteroatoms. The molecule has 0 aromatic heterocycles. The minimum Gasteiger partial charge on any atom is -0.385 e. The molecule has 0 bridgehead atoms. The van der Waals surface area contributed by atoms with Crippen LogP contribution in [0.3, 0.4) is 0 Å². The summed E-state index contributed by atoms with van der Waals surface area (Å²) in [6.07, 6.45) is 0. The fourth-order valence-corrected chi connectivity index (χ4v) is 0. The van der Waals surface area contributed by atoms with Gasteiger partial charge in [0.05, 0.1) is 0 Å². The van der Waals surface area contributed by atoms with Crippen LogP contribution in [-0.2, 0) is 24.2 Å². The Kier molecular flexibility index (Phi) is 16.1. The Morgan fingerprint density at radius 3 is 1.80 bits per heavy atom. The number of hydrogen-bond donors (Lipinski definition) is 0. The van der Waals surface area contributed by atoms with Crippen LogP contribution in [0, 0.1) is 0 Å². The minimum absolute atomic E-state index is 0. The van der Waals surface area contributed by atoms with E-state index in [9.17, 15) is 0 Å². The van der Waals surface area contributed by atoms with Crippen molar-refractivity contribution in [2.45, 2.75) is 6.92 Å². The van der Waals surface area contributed by atoms with Gasteiger partial charge in [-0.05, 0) is 6.92 Å². The molecule has 0 rings (SSSR count). The molecule has 0 heterocycles. The van der Waals surface area contributed by atoms with E-state index in [1.807, 2.05) is 6.92 Å². The van der Waals surface area contributed by atoms with Gasteiger partial charge in [-0.15, -0.1) is 0 Å². The number of ether oxygens (including phenoxy) is 1. The van der Waals surface area contributed by atoms with Crippen LogP contribution >= 0.6 is 0 Å². The van der Waals surface area contributed by atoms with Gasteiger partial charge in [-0.1, -0.05) is 0 Å². The average Bonchev–Trinajstić information content (AvgIpc) is 1.37. The monoisotopic (exact) mass is 124 g/mol. The predicted molar refractivity (Wildman–Crippen MR) is 17.6 cm³/mol. The summed E-state index contributed by atoms with van der Waals surface area (Å²) in [5, 5.41) is 0. The van der Waals surface area contributed by atoms with Crippen molar-refractivity contribution in [1.29, 1.82) is 0 Å². The summed E-state index contributed by atoms with van der Waals surface area (Å²) in [5.41, 5.74) is 0. The summed E-state index contributed by atoms with van der Waals surface area (Å²) in [6, 6.07) is 0. The van der Waals surface area contributed by atoms with Crippen molar-refractivity contribution in [3.8, 4) is 0 Å². The van der Waals surface area contributed by atoms with Gasteiger partial charge >= 0.3 is 0 Å². The maximum atomic E-state index is 4.54. The Morgan fingerprint density at radius 1 is 1.60 bits per heavy atom. The van der Waals surface area contributed by atoms with Gasteiger partial charge in [0.15, 0.2) is 0 Å². The summed E-state index contributed by atoms with van der Waals surface area (Å²) in [6.45, 7) is 2.78. The zero-order valence-electron chi connectivity index (χ0n) is 3.82. The molecule has 0 unspecified atom stereocenters. The standard InChI is InChI=1S/C3H8O.Zn/c1-3-4-2;/h3H2,1-2H3;. The fourth-order valence-electron chi connectivity index (χ4n) is 0. The first-order valence-corrected chi connectivity index (χ1v) is 1.40. The molecule has 0 aliphatic heterocycles. The van der Waals surface area contributed by atoms with Crippen LogP contribution in [0.5, 0.6) is 0 Å². The molecule has 0 aliphatic carbocycles. The molecule has 5 heavy (non-hydrogen) atoms. The fraction of sp³-hybridized carbons (Fsp3) is 1.00. The Labute approximate surface area is 45.5 Å². The number of methoxy groups -OCH3 is 1. The van der Waals surface area contributed by atoms with E-state index < -0.39 is 0 Å². The van der Waals surface area contributed by atoms with Crippen molar-refractivity contribution in [2.24, 2.45) is 0 Å². The van der Waals surface area contributed by atoms with Gasteiger partial charge in [-0.3, -0.25) is 0 Å². The molecule has 0 fully saturated rings. The molecular formula is C3H8OZn. The second kappa shape index (κ2) is 8.82. The van der Waals surface area contributed by atoms with Crippen molar-refractivity contribution in [2.75, 3.05) is 13.7 Å². The van der Waals surface area contributed by atoms with Crippen molar-refractivity contribution < 1.29 is 24.2 Å². The molecular weight excluding hydrogens is 117 g/mol. The van der Waals surface area contributed by atoms with E-state index in [0.29, 0.717) is 0 Å².